The lowest BCUT2D eigenvalue weighted by molar-refractivity contribution is 0.0526. The van der Waals surface area contributed by atoms with Gasteiger partial charge in [0.2, 0.25) is 0 Å². The van der Waals surface area contributed by atoms with Crippen molar-refractivity contribution in [1.29, 1.82) is 0 Å². The van der Waals surface area contributed by atoms with E-state index in [0.29, 0.717) is 24.7 Å². The SMILES string of the molecule is CN=C(NCc1oc2ccc(F)cc2c1C)NC1CC2CCCC(C1)N2C.I. The number of hydrogen-bond donors (Lipinski definition) is 2. The van der Waals surface area contributed by atoms with Crippen molar-refractivity contribution in [3.8, 4) is 0 Å². The minimum absolute atomic E-state index is 0. The molecule has 28 heavy (non-hydrogen) atoms. The number of aryl methyl sites for hydroxylation is 1. The molecule has 7 heteroatoms. The van der Waals surface area contributed by atoms with Crippen LogP contribution >= 0.6 is 24.0 Å². The van der Waals surface area contributed by atoms with Crippen LogP contribution in [0.1, 0.15) is 43.4 Å². The Kier molecular flexibility index (Phi) is 6.85. The number of aliphatic imine (C=N–C) groups is 1. The van der Waals surface area contributed by atoms with Gasteiger partial charge in [-0.1, -0.05) is 6.42 Å². The van der Waals surface area contributed by atoms with Crippen molar-refractivity contribution in [1.82, 2.24) is 15.5 Å². The first kappa shape index (κ1) is 21.4. The Morgan fingerprint density at radius 3 is 2.68 bits per heavy atom. The van der Waals surface area contributed by atoms with E-state index in [1.54, 1.807) is 13.1 Å². The molecule has 2 N–H and O–H groups in total. The smallest absolute Gasteiger partial charge is 0.191 e. The zero-order valence-electron chi connectivity index (χ0n) is 16.8. The van der Waals surface area contributed by atoms with Crippen LogP contribution in [0.4, 0.5) is 4.39 Å². The summed E-state index contributed by atoms with van der Waals surface area (Å²) in [5.41, 5.74) is 1.69. The summed E-state index contributed by atoms with van der Waals surface area (Å²) < 4.78 is 19.4. The zero-order valence-corrected chi connectivity index (χ0v) is 19.1. The van der Waals surface area contributed by atoms with Crippen LogP contribution in [-0.2, 0) is 6.54 Å². The van der Waals surface area contributed by atoms with E-state index in [0.717, 1.165) is 41.1 Å². The quantitative estimate of drug-likeness (QED) is 0.378. The predicted molar refractivity (Wildman–Crippen MR) is 122 cm³/mol. The number of fused-ring (bicyclic) bond motifs is 3. The molecule has 2 aromatic rings. The topological polar surface area (TPSA) is 52.8 Å². The zero-order chi connectivity index (χ0) is 19.0. The number of furan rings is 1. The summed E-state index contributed by atoms with van der Waals surface area (Å²) in [5, 5.41) is 7.79. The van der Waals surface area contributed by atoms with Gasteiger partial charge in [0.05, 0.1) is 6.54 Å². The van der Waals surface area contributed by atoms with Crippen molar-refractivity contribution < 1.29 is 8.81 Å². The van der Waals surface area contributed by atoms with Crippen molar-refractivity contribution in [3.05, 3.63) is 35.3 Å². The molecule has 0 saturated carbocycles. The second-order valence-electron chi connectivity index (χ2n) is 7.93. The van der Waals surface area contributed by atoms with Gasteiger partial charge >= 0.3 is 0 Å². The maximum absolute atomic E-state index is 13.5. The summed E-state index contributed by atoms with van der Waals surface area (Å²) in [5.74, 6) is 1.38. The molecule has 5 nitrogen and oxygen atoms in total. The molecule has 1 aromatic heterocycles. The summed E-state index contributed by atoms with van der Waals surface area (Å²) in [7, 11) is 4.07. The lowest BCUT2D eigenvalue weighted by Gasteiger charge is -2.47. The molecule has 0 amide bonds. The number of nitrogens with zero attached hydrogens (tertiary/aromatic N) is 2. The Bertz CT molecular complexity index is 838. The average molecular weight is 500 g/mol. The Hall–Kier alpha value is -1.35. The first-order valence-electron chi connectivity index (χ1n) is 9.91. The molecule has 0 spiro atoms. The fraction of sp³-hybridized carbons (Fsp3) is 0.571. The number of hydrogen-bond acceptors (Lipinski definition) is 3. The normalized spacial score (nSPS) is 25.4. The molecule has 2 aliphatic rings. The highest BCUT2D eigenvalue weighted by Crippen LogP contribution is 2.32. The molecular weight excluding hydrogens is 470 g/mol. The number of rotatable bonds is 3. The van der Waals surface area contributed by atoms with E-state index >= 15 is 0 Å². The molecule has 2 unspecified atom stereocenters. The minimum Gasteiger partial charge on any atom is -0.459 e. The van der Waals surface area contributed by atoms with Gasteiger partial charge in [0.1, 0.15) is 17.2 Å². The molecule has 2 fully saturated rings. The van der Waals surface area contributed by atoms with E-state index in [2.05, 4.69) is 27.6 Å². The molecule has 0 aliphatic carbocycles. The second-order valence-corrected chi connectivity index (χ2v) is 7.93. The number of guanidine groups is 1. The molecule has 0 radical (unpaired) electrons. The highest BCUT2D eigenvalue weighted by Gasteiger charge is 2.36. The molecule has 4 rings (SSSR count). The monoisotopic (exact) mass is 500 g/mol. The number of nitrogens with one attached hydrogen (secondary N) is 2. The third-order valence-electron chi connectivity index (χ3n) is 6.32. The van der Waals surface area contributed by atoms with Crippen molar-refractivity contribution in [2.45, 2.75) is 63.7 Å². The Morgan fingerprint density at radius 2 is 2.00 bits per heavy atom. The van der Waals surface area contributed by atoms with Gasteiger partial charge in [0, 0.05) is 36.1 Å². The van der Waals surface area contributed by atoms with E-state index in [4.69, 9.17) is 4.42 Å². The molecule has 2 bridgehead atoms. The van der Waals surface area contributed by atoms with E-state index in [1.807, 2.05) is 6.92 Å². The van der Waals surface area contributed by atoms with E-state index < -0.39 is 0 Å². The van der Waals surface area contributed by atoms with Crippen LogP contribution in [0.3, 0.4) is 0 Å². The van der Waals surface area contributed by atoms with Crippen LogP contribution in [0.2, 0.25) is 0 Å². The molecule has 2 atom stereocenters. The summed E-state index contributed by atoms with van der Waals surface area (Å²) in [6.07, 6.45) is 6.27. The van der Waals surface area contributed by atoms with Gasteiger partial charge in [-0.3, -0.25) is 4.99 Å². The van der Waals surface area contributed by atoms with Crippen LogP contribution in [-0.4, -0.2) is 43.1 Å². The maximum Gasteiger partial charge on any atom is 0.191 e. The van der Waals surface area contributed by atoms with Gasteiger partial charge in [-0.2, -0.15) is 0 Å². The average Bonchev–Trinajstić information content (AvgIpc) is 2.95. The highest BCUT2D eigenvalue weighted by molar-refractivity contribution is 14.0. The van der Waals surface area contributed by atoms with Crippen molar-refractivity contribution >= 4 is 40.9 Å². The Morgan fingerprint density at radius 1 is 1.29 bits per heavy atom. The van der Waals surface area contributed by atoms with Gasteiger partial charge in [-0.05, 0) is 57.9 Å². The number of halogens is 2. The van der Waals surface area contributed by atoms with Crippen LogP contribution < -0.4 is 10.6 Å². The van der Waals surface area contributed by atoms with Crippen LogP contribution in [0.25, 0.3) is 11.0 Å². The Labute approximate surface area is 183 Å². The Balaban J connectivity index is 0.00000225. The van der Waals surface area contributed by atoms with Gasteiger partial charge in [-0.25, -0.2) is 4.39 Å². The van der Waals surface area contributed by atoms with Gasteiger partial charge in [0.25, 0.3) is 0 Å². The van der Waals surface area contributed by atoms with Crippen LogP contribution in [0.5, 0.6) is 0 Å². The second kappa shape index (κ2) is 8.98. The third-order valence-corrected chi connectivity index (χ3v) is 6.32. The number of piperidine rings is 2. The van der Waals surface area contributed by atoms with E-state index in [1.165, 1.54) is 31.4 Å². The van der Waals surface area contributed by atoms with Gasteiger partial charge < -0.3 is 20.0 Å². The summed E-state index contributed by atoms with van der Waals surface area (Å²) in [4.78, 5) is 6.95. The summed E-state index contributed by atoms with van der Waals surface area (Å²) >= 11 is 0. The van der Waals surface area contributed by atoms with E-state index in [-0.39, 0.29) is 29.8 Å². The van der Waals surface area contributed by atoms with Crippen molar-refractivity contribution in [2.24, 2.45) is 4.99 Å². The summed E-state index contributed by atoms with van der Waals surface area (Å²) in [6.45, 7) is 2.50. The maximum atomic E-state index is 13.5. The van der Waals surface area contributed by atoms with Crippen LogP contribution in [0, 0.1) is 12.7 Å². The predicted octanol–water partition coefficient (Wildman–Crippen LogP) is 4.18. The molecule has 154 valence electrons. The minimum atomic E-state index is -0.240. The van der Waals surface area contributed by atoms with E-state index in [9.17, 15) is 4.39 Å². The van der Waals surface area contributed by atoms with Crippen molar-refractivity contribution in [3.63, 3.8) is 0 Å². The van der Waals surface area contributed by atoms with Gasteiger partial charge in [0.15, 0.2) is 5.96 Å². The number of benzene rings is 1. The summed E-state index contributed by atoms with van der Waals surface area (Å²) in [6, 6.07) is 6.46. The van der Waals surface area contributed by atoms with Gasteiger partial charge in [-0.15, -0.1) is 24.0 Å². The molecule has 2 saturated heterocycles. The lowest BCUT2D eigenvalue weighted by atomic mass is 9.82. The van der Waals surface area contributed by atoms with Crippen LogP contribution in [0.15, 0.2) is 27.6 Å². The fourth-order valence-electron chi connectivity index (χ4n) is 4.70. The molecular formula is C21H30FIN4O. The third kappa shape index (κ3) is 4.30. The standard InChI is InChI=1S/C21H29FN4O.HI/c1-13-18-9-14(22)7-8-19(18)27-20(13)12-24-21(23-2)25-15-10-16-5-4-6-17(11-15)26(16)3;/h7-9,15-17H,4-6,10-12H2,1-3H3,(H2,23,24,25);1H. The van der Waals surface area contributed by atoms with Crippen molar-refractivity contribution in [2.75, 3.05) is 14.1 Å². The highest BCUT2D eigenvalue weighted by atomic mass is 127. The lowest BCUT2D eigenvalue weighted by Crippen LogP contribution is -2.56. The first-order chi connectivity index (χ1) is 13.0. The molecule has 2 aliphatic heterocycles. The largest absolute Gasteiger partial charge is 0.459 e. The molecule has 3 heterocycles. The fourth-order valence-corrected chi connectivity index (χ4v) is 4.70. The molecule has 1 aromatic carbocycles. The first-order valence-corrected chi connectivity index (χ1v) is 9.91.